The van der Waals surface area contributed by atoms with E-state index in [4.69, 9.17) is 5.11 Å². The number of aliphatic hydroxyl groups excluding tert-OH is 1. The van der Waals surface area contributed by atoms with Crippen LogP contribution in [0.15, 0.2) is 24.3 Å². The second-order valence-corrected chi connectivity index (χ2v) is 4.47. The lowest BCUT2D eigenvalue weighted by Gasteiger charge is -2.08. The van der Waals surface area contributed by atoms with Crippen LogP contribution in [0.25, 0.3) is 0 Å². The number of amides is 1. The average Bonchev–Trinajstić information content (AvgIpc) is 2.28. The smallest absolute Gasteiger partial charge is 0.422 e. The summed E-state index contributed by atoms with van der Waals surface area (Å²) in [5, 5.41) is 8.80. The quantitative estimate of drug-likeness (QED) is 0.717. The first-order chi connectivity index (χ1) is 7.96. The molecule has 94 valence electrons. The molecule has 0 aliphatic carbocycles. The maximum Gasteiger partial charge on any atom is 0.422 e. The Labute approximate surface area is 98.6 Å². The Morgan fingerprint density at radius 3 is 2.41 bits per heavy atom. The lowest BCUT2D eigenvalue weighted by Crippen LogP contribution is -2.35. The second kappa shape index (κ2) is 5.51. The SMILES string of the molecule is COC(=O)NS(=O)(=O)Nc1ccc(CO)cc1. The Hall–Kier alpha value is -1.80. The van der Waals surface area contributed by atoms with Crippen molar-refractivity contribution in [2.75, 3.05) is 11.8 Å². The molecule has 1 aromatic rings. The third kappa shape index (κ3) is 4.29. The number of hydrogen-bond acceptors (Lipinski definition) is 5. The summed E-state index contributed by atoms with van der Waals surface area (Å²) in [6.07, 6.45) is -1.08. The van der Waals surface area contributed by atoms with E-state index in [1.165, 1.54) is 12.1 Å². The molecule has 0 aliphatic heterocycles. The minimum atomic E-state index is -4.00. The molecule has 0 radical (unpaired) electrons. The van der Waals surface area contributed by atoms with Crippen LogP contribution in [0.4, 0.5) is 10.5 Å². The van der Waals surface area contributed by atoms with Crippen LogP contribution < -0.4 is 9.44 Å². The second-order valence-electron chi connectivity index (χ2n) is 3.05. The molecular weight excluding hydrogens is 248 g/mol. The topological polar surface area (TPSA) is 105 Å². The molecule has 1 amide bonds. The number of carbonyl (C=O) groups excluding carboxylic acids is 1. The summed E-state index contributed by atoms with van der Waals surface area (Å²) >= 11 is 0. The van der Waals surface area contributed by atoms with Crippen LogP contribution in [0.3, 0.4) is 0 Å². The molecule has 0 atom stereocenters. The fourth-order valence-electron chi connectivity index (χ4n) is 1.01. The molecule has 0 saturated carbocycles. The van der Waals surface area contributed by atoms with Gasteiger partial charge in [-0.25, -0.2) is 9.52 Å². The van der Waals surface area contributed by atoms with Gasteiger partial charge >= 0.3 is 16.3 Å². The van der Waals surface area contributed by atoms with Crippen LogP contribution in [0, 0.1) is 0 Å². The molecule has 0 heterocycles. The van der Waals surface area contributed by atoms with Crippen LogP contribution in [-0.4, -0.2) is 26.7 Å². The van der Waals surface area contributed by atoms with Crippen LogP contribution in [0.2, 0.25) is 0 Å². The molecule has 0 unspecified atom stereocenters. The number of hydrogen-bond donors (Lipinski definition) is 3. The number of ether oxygens (including phenoxy) is 1. The van der Waals surface area contributed by atoms with Crippen LogP contribution in [0.5, 0.6) is 0 Å². The van der Waals surface area contributed by atoms with Crippen LogP contribution in [-0.2, 0) is 21.6 Å². The molecule has 0 fully saturated rings. The Morgan fingerprint density at radius 2 is 1.94 bits per heavy atom. The Kier molecular flexibility index (Phi) is 4.30. The highest BCUT2D eigenvalue weighted by molar-refractivity contribution is 7.91. The molecule has 1 rings (SSSR count). The number of anilines is 1. The molecule has 0 aliphatic rings. The predicted molar refractivity (Wildman–Crippen MR) is 60.4 cm³/mol. The predicted octanol–water partition coefficient (Wildman–Crippen LogP) is 0.192. The third-order valence-electron chi connectivity index (χ3n) is 1.79. The van der Waals surface area contributed by atoms with Gasteiger partial charge in [0.05, 0.1) is 19.4 Å². The van der Waals surface area contributed by atoms with Gasteiger partial charge < -0.3 is 9.84 Å². The summed E-state index contributed by atoms with van der Waals surface area (Å²) in [5.74, 6) is 0. The highest BCUT2D eigenvalue weighted by atomic mass is 32.2. The Morgan fingerprint density at radius 1 is 1.35 bits per heavy atom. The van der Waals surface area contributed by atoms with Crippen molar-refractivity contribution in [2.24, 2.45) is 0 Å². The van der Waals surface area contributed by atoms with Gasteiger partial charge in [-0.05, 0) is 17.7 Å². The highest BCUT2D eigenvalue weighted by Gasteiger charge is 2.13. The van der Waals surface area contributed by atoms with E-state index >= 15 is 0 Å². The first kappa shape index (κ1) is 13.3. The molecule has 7 nitrogen and oxygen atoms in total. The van der Waals surface area contributed by atoms with E-state index in [1.807, 2.05) is 0 Å². The monoisotopic (exact) mass is 260 g/mol. The van der Waals surface area contributed by atoms with Gasteiger partial charge in [0.2, 0.25) is 0 Å². The van der Waals surface area contributed by atoms with Gasteiger partial charge in [0.1, 0.15) is 0 Å². The van der Waals surface area contributed by atoms with Crippen molar-refractivity contribution in [3.63, 3.8) is 0 Å². The number of methoxy groups -OCH3 is 1. The summed E-state index contributed by atoms with van der Waals surface area (Å²) < 4.78 is 30.6. The van der Waals surface area contributed by atoms with Gasteiger partial charge in [0.15, 0.2) is 0 Å². The molecule has 1 aromatic carbocycles. The van der Waals surface area contributed by atoms with Crippen molar-refractivity contribution in [1.82, 2.24) is 4.72 Å². The van der Waals surface area contributed by atoms with E-state index in [0.717, 1.165) is 7.11 Å². The molecular formula is C9H12N2O5S. The maximum atomic E-state index is 11.4. The zero-order valence-corrected chi connectivity index (χ0v) is 9.82. The van der Waals surface area contributed by atoms with Gasteiger partial charge in [0.25, 0.3) is 0 Å². The van der Waals surface area contributed by atoms with Crippen molar-refractivity contribution in [1.29, 1.82) is 0 Å². The van der Waals surface area contributed by atoms with E-state index in [-0.39, 0.29) is 12.3 Å². The standard InChI is InChI=1S/C9H12N2O5S/c1-16-9(13)11-17(14,15)10-8-4-2-7(6-12)3-5-8/h2-5,10,12H,6H2,1H3,(H,11,13). The lowest BCUT2D eigenvalue weighted by atomic mass is 10.2. The van der Waals surface area contributed by atoms with Gasteiger partial charge in [-0.2, -0.15) is 8.42 Å². The van der Waals surface area contributed by atoms with Crippen molar-refractivity contribution in [3.8, 4) is 0 Å². The largest absolute Gasteiger partial charge is 0.452 e. The molecule has 3 N–H and O–H groups in total. The van der Waals surface area contributed by atoms with E-state index in [9.17, 15) is 13.2 Å². The summed E-state index contributed by atoms with van der Waals surface area (Å²) in [6, 6.07) is 6.02. The molecule has 0 aromatic heterocycles. The molecule has 8 heteroatoms. The number of nitrogens with one attached hydrogen (secondary N) is 2. The van der Waals surface area contributed by atoms with E-state index < -0.39 is 16.3 Å². The first-order valence-corrected chi connectivity index (χ1v) is 6.03. The number of aliphatic hydroxyl groups is 1. The third-order valence-corrected chi connectivity index (χ3v) is 2.73. The Bertz CT molecular complexity index is 483. The minimum Gasteiger partial charge on any atom is -0.452 e. The zero-order valence-electron chi connectivity index (χ0n) is 9.00. The normalized spacial score (nSPS) is 10.7. The molecule has 17 heavy (non-hydrogen) atoms. The minimum absolute atomic E-state index is 0.132. The number of rotatable bonds is 4. The van der Waals surface area contributed by atoms with E-state index in [0.29, 0.717) is 5.56 Å². The Balaban J connectivity index is 2.72. The van der Waals surface area contributed by atoms with Crippen molar-refractivity contribution >= 4 is 22.0 Å². The number of carbonyl (C=O) groups is 1. The van der Waals surface area contributed by atoms with Crippen molar-refractivity contribution in [3.05, 3.63) is 29.8 Å². The lowest BCUT2D eigenvalue weighted by molar-refractivity contribution is 0.177. The van der Waals surface area contributed by atoms with Gasteiger partial charge in [-0.15, -0.1) is 0 Å². The van der Waals surface area contributed by atoms with Gasteiger partial charge in [-0.1, -0.05) is 12.1 Å². The van der Waals surface area contributed by atoms with Crippen LogP contribution in [0.1, 0.15) is 5.56 Å². The fourth-order valence-corrected chi connectivity index (χ4v) is 1.81. The highest BCUT2D eigenvalue weighted by Crippen LogP contribution is 2.10. The summed E-state index contributed by atoms with van der Waals surface area (Å²) in [5.41, 5.74) is 0.910. The first-order valence-electron chi connectivity index (χ1n) is 4.55. The van der Waals surface area contributed by atoms with E-state index in [1.54, 1.807) is 16.9 Å². The summed E-state index contributed by atoms with van der Waals surface area (Å²) in [7, 11) is -2.95. The summed E-state index contributed by atoms with van der Waals surface area (Å²) in [6.45, 7) is -0.132. The van der Waals surface area contributed by atoms with E-state index in [2.05, 4.69) is 9.46 Å². The average molecular weight is 260 g/mol. The fraction of sp³-hybridized carbons (Fsp3) is 0.222. The maximum absolute atomic E-state index is 11.4. The van der Waals surface area contributed by atoms with Gasteiger partial charge in [-0.3, -0.25) is 4.72 Å². The zero-order chi connectivity index (χ0) is 12.9. The molecule has 0 saturated heterocycles. The summed E-state index contributed by atoms with van der Waals surface area (Å²) in [4.78, 5) is 10.7. The molecule has 0 bridgehead atoms. The van der Waals surface area contributed by atoms with Crippen molar-refractivity contribution in [2.45, 2.75) is 6.61 Å². The van der Waals surface area contributed by atoms with Crippen LogP contribution >= 0.6 is 0 Å². The number of benzene rings is 1. The van der Waals surface area contributed by atoms with Gasteiger partial charge in [0, 0.05) is 0 Å². The molecule has 0 spiro atoms. The van der Waals surface area contributed by atoms with Crippen molar-refractivity contribution < 1.29 is 23.1 Å².